The van der Waals surface area contributed by atoms with E-state index in [9.17, 15) is 18.0 Å². The van der Waals surface area contributed by atoms with Crippen molar-refractivity contribution in [3.63, 3.8) is 0 Å². The molecule has 0 aliphatic carbocycles. The van der Waals surface area contributed by atoms with E-state index in [1.807, 2.05) is 22.6 Å². The lowest BCUT2D eigenvalue weighted by Gasteiger charge is -2.07. The molecule has 0 unspecified atom stereocenters. The van der Waals surface area contributed by atoms with Crippen LogP contribution in [-0.4, -0.2) is 17.5 Å². The van der Waals surface area contributed by atoms with E-state index in [-0.39, 0.29) is 4.88 Å². The predicted molar refractivity (Wildman–Crippen MR) is 76.6 cm³/mol. The molecule has 8 heteroatoms. The zero-order chi connectivity index (χ0) is 14.9. The Kier molecular flexibility index (Phi) is 4.33. The van der Waals surface area contributed by atoms with E-state index in [2.05, 4.69) is 9.11 Å². The maximum atomic E-state index is 12.7. The van der Waals surface area contributed by atoms with Gasteiger partial charge in [0.15, 0.2) is 0 Å². The minimum absolute atomic E-state index is 0.278. The maximum Gasteiger partial charge on any atom is 0.416 e. The van der Waals surface area contributed by atoms with Crippen molar-refractivity contribution in [2.75, 3.05) is 7.11 Å². The van der Waals surface area contributed by atoms with Gasteiger partial charge >= 0.3 is 12.1 Å². The molecule has 0 atom stereocenters. The van der Waals surface area contributed by atoms with Crippen LogP contribution in [0.4, 0.5) is 13.2 Å². The fraction of sp³-hybridized carbons (Fsp3) is 0.167. The smallest absolute Gasteiger partial charge is 0.416 e. The molecular weight excluding hydrogens is 406 g/mol. The van der Waals surface area contributed by atoms with Gasteiger partial charge in [0.1, 0.15) is 4.88 Å². The van der Waals surface area contributed by atoms with Gasteiger partial charge in [-0.2, -0.15) is 17.5 Å². The fourth-order valence-corrected chi connectivity index (χ4v) is 3.35. The number of carbonyl (C=O) groups is 1. The van der Waals surface area contributed by atoms with Crippen LogP contribution in [0.5, 0.6) is 0 Å². The van der Waals surface area contributed by atoms with Gasteiger partial charge in [0.05, 0.1) is 21.9 Å². The summed E-state index contributed by atoms with van der Waals surface area (Å²) < 4.78 is 47.2. The largest absolute Gasteiger partial charge is 0.465 e. The third-order valence-corrected chi connectivity index (χ3v) is 4.71. The van der Waals surface area contributed by atoms with Gasteiger partial charge in [0.25, 0.3) is 0 Å². The third kappa shape index (κ3) is 2.95. The van der Waals surface area contributed by atoms with Crippen LogP contribution < -0.4 is 0 Å². The minimum Gasteiger partial charge on any atom is -0.465 e. The SMILES string of the molecule is COC(=O)c1snc(-c2cccc(C(F)(F)F)c2)c1I. The Bertz CT molecular complexity index is 654. The Morgan fingerprint density at radius 2 is 2.10 bits per heavy atom. The normalized spacial score (nSPS) is 11.4. The van der Waals surface area contributed by atoms with Crippen LogP contribution in [0.2, 0.25) is 0 Å². The van der Waals surface area contributed by atoms with E-state index in [4.69, 9.17) is 0 Å². The highest BCUT2D eigenvalue weighted by molar-refractivity contribution is 14.1. The molecule has 0 saturated carbocycles. The number of alkyl halides is 3. The zero-order valence-corrected chi connectivity index (χ0v) is 13.0. The van der Waals surface area contributed by atoms with Crippen molar-refractivity contribution in [3.8, 4) is 11.3 Å². The van der Waals surface area contributed by atoms with Gasteiger partial charge in [-0.25, -0.2) is 4.79 Å². The monoisotopic (exact) mass is 413 g/mol. The average molecular weight is 413 g/mol. The number of rotatable bonds is 2. The first-order valence-electron chi connectivity index (χ1n) is 5.25. The summed E-state index contributed by atoms with van der Waals surface area (Å²) >= 11 is 2.78. The van der Waals surface area contributed by atoms with Crippen molar-refractivity contribution in [3.05, 3.63) is 38.3 Å². The first-order chi connectivity index (χ1) is 9.34. The number of hydrogen-bond donors (Lipinski definition) is 0. The number of methoxy groups -OCH3 is 1. The summed E-state index contributed by atoms with van der Waals surface area (Å²) in [5, 5.41) is 0. The molecule has 0 radical (unpaired) electrons. The molecule has 1 aromatic heterocycles. The summed E-state index contributed by atoms with van der Waals surface area (Å²) in [6.45, 7) is 0. The number of halogens is 4. The number of hydrogen-bond acceptors (Lipinski definition) is 4. The Balaban J connectivity index is 2.48. The van der Waals surface area contributed by atoms with Crippen LogP contribution in [0.15, 0.2) is 24.3 Å². The summed E-state index contributed by atoms with van der Waals surface area (Å²) in [5.41, 5.74) is -0.0869. The molecule has 20 heavy (non-hydrogen) atoms. The summed E-state index contributed by atoms with van der Waals surface area (Å²) in [6.07, 6.45) is -4.41. The summed E-state index contributed by atoms with van der Waals surface area (Å²) in [4.78, 5) is 11.7. The number of benzene rings is 1. The van der Waals surface area contributed by atoms with Crippen molar-refractivity contribution in [2.24, 2.45) is 0 Å². The molecule has 0 saturated heterocycles. The molecule has 0 aliphatic heterocycles. The Morgan fingerprint density at radius 1 is 1.40 bits per heavy atom. The van der Waals surface area contributed by atoms with E-state index in [1.165, 1.54) is 19.2 Å². The third-order valence-electron chi connectivity index (χ3n) is 2.47. The molecule has 0 N–H and O–H groups in total. The van der Waals surface area contributed by atoms with Gasteiger partial charge in [-0.05, 0) is 46.3 Å². The second-order valence-electron chi connectivity index (χ2n) is 3.74. The molecule has 0 amide bonds. The lowest BCUT2D eigenvalue weighted by atomic mass is 10.1. The van der Waals surface area contributed by atoms with Crippen LogP contribution in [0, 0.1) is 3.57 Å². The van der Waals surface area contributed by atoms with Gasteiger partial charge < -0.3 is 4.74 Å². The standard InChI is InChI=1S/C12H7F3INO2S/c1-19-11(18)10-8(16)9(17-20-10)6-3-2-4-7(5-6)12(13,14)15/h2-5H,1H3. The molecule has 1 heterocycles. The predicted octanol–water partition coefficient (Wildman–Crippen LogP) is 4.22. The first kappa shape index (κ1) is 15.2. The highest BCUT2D eigenvalue weighted by atomic mass is 127. The second kappa shape index (κ2) is 5.68. The summed E-state index contributed by atoms with van der Waals surface area (Å²) in [5.74, 6) is -0.551. The number of carbonyl (C=O) groups excluding carboxylic acids is 1. The van der Waals surface area contributed by atoms with Crippen LogP contribution in [-0.2, 0) is 10.9 Å². The van der Waals surface area contributed by atoms with E-state index in [1.54, 1.807) is 0 Å². The lowest BCUT2D eigenvalue weighted by Crippen LogP contribution is -2.04. The van der Waals surface area contributed by atoms with Crippen LogP contribution >= 0.6 is 34.1 Å². The van der Waals surface area contributed by atoms with Crippen molar-refractivity contribution in [1.82, 2.24) is 4.37 Å². The molecule has 0 spiro atoms. The molecule has 0 fully saturated rings. The maximum absolute atomic E-state index is 12.7. The van der Waals surface area contributed by atoms with Crippen molar-refractivity contribution in [1.29, 1.82) is 0 Å². The van der Waals surface area contributed by atoms with Gasteiger partial charge in [-0.15, -0.1) is 0 Å². The molecule has 0 bridgehead atoms. The molecular formula is C12H7F3INO2S. The highest BCUT2D eigenvalue weighted by Crippen LogP contribution is 2.35. The van der Waals surface area contributed by atoms with Gasteiger partial charge in [0, 0.05) is 5.56 Å². The molecule has 1 aromatic carbocycles. The van der Waals surface area contributed by atoms with Gasteiger partial charge in [0.2, 0.25) is 0 Å². The van der Waals surface area contributed by atoms with E-state index >= 15 is 0 Å². The number of nitrogens with zero attached hydrogens (tertiary/aromatic N) is 1. The molecule has 3 nitrogen and oxygen atoms in total. The van der Waals surface area contributed by atoms with Gasteiger partial charge in [-0.3, -0.25) is 0 Å². The van der Waals surface area contributed by atoms with Crippen molar-refractivity contribution >= 4 is 40.1 Å². The average Bonchev–Trinajstić information content (AvgIpc) is 2.79. The van der Waals surface area contributed by atoms with E-state index in [0.717, 1.165) is 23.7 Å². The van der Waals surface area contributed by atoms with E-state index < -0.39 is 17.7 Å². The quantitative estimate of drug-likeness (QED) is 0.547. The fourth-order valence-electron chi connectivity index (χ4n) is 1.52. The Labute approximate surface area is 130 Å². The molecule has 0 aliphatic rings. The first-order valence-corrected chi connectivity index (χ1v) is 7.11. The van der Waals surface area contributed by atoms with Gasteiger partial charge in [-0.1, -0.05) is 12.1 Å². The highest BCUT2D eigenvalue weighted by Gasteiger charge is 2.31. The number of aromatic nitrogens is 1. The number of ether oxygens (including phenoxy) is 1. The second-order valence-corrected chi connectivity index (χ2v) is 5.60. The molecule has 106 valence electrons. The minimum atomic E-state index is -4.41. The summed E-state index contributed by atoms with van der Waals surface area (Å²) in [7, 11) is 1.24. The van der Waals surface area contributed by atoms with Crippen LogP contribution in [0.25, 0.3) is 11.3 Å². The van der Waals surface area contributed by atoms with E-state index in [0.29, 0.717) is 14.8 Å². The van der Waals surface area contributed by atoms with Crippen LogP contribution in [0.1, 0.15) is 15.2 Å². The zero-order valence-electron chi connectivity index (χ0n) is 9.99. The molecule has 2 aromatic rings. The summed E-state index contributed by atoms with van der Waals surface area (Å²) in [6, 6.07) is 4.83. The van der Waals surface area contributed by atoms with Crippen molar-refractivity contribution < 1.29 is 22.7 Å². The Morgan fingerprint density at radius 3 is 2.70 bits per heavy atom. The Hall–Kier alpha value is -1.16. The lowest BCUT2D eigenvalue weighted by molar-refractivity contribution is -0.137. The number of esters is 1. The molecule has 2 rings (SSSR count). The topological polar surface area (TPSA) is 39.2 Å². The van der Waals surface area contributed by atoms with Crippen LogP contribution in [0.3, 0.4) is 0 Å². The van der Waals surface area contributed by atoms with Crippen molar-refractivity contribution in [2.45, 2.75) is 6.18 Å².